The topological polar surface area (TPSA) is 98.5 Å². The van der Waals surface area contributed by atoms with Crippen LogP contribution in [0.3, 0.4) is 0 Å². The Hall–Kier alpha value is -1.43. The van der Waals surface area contributed by atoms with Crippen LogP contribution in [0.4, 0.5) is 18.9 Å². The van der Waals surface area contributed by atoms with E-state index in [9.17, 15) is 31.7 Å². The standard InChI is InChI=1S/C8H6ClF3N2O5S/c9-5-1-2-7(6(3-5)14(15)16)20(17,18)13-19-4-8(10,11)12/h1-3,13H,4H2. The Morgan fingerprint density at radius 3 is 2.50 bits per heavy atom. The van der Waals surface area contributed by atoms with Crippen LogP contribution in [0.2, 0.25) is 5.02 Å². The third-order valence-electron chi connectivity index (χ3n) is 1.81. The second kappa shape index (κ2) is 5.91. The van der Waals surface area contributed by atoms with Crippen LogP contribution < -0.4 is 4.89 Å². The van der Waals surface area contributed by atoms with Gasteiger partial charge >= 0.3 is 6.18 Å². The largest absolute Gasteiger partial charge is 0.413 e. The molecule has 0 saturated heterocycles. The number of benzene rings is 1. The highest BCUT2D eigenvalue weighted by atomic mass is 35.5. The van der Waals surface area contributed by atoms with Crippen molar-refractivity contribution in [1.82, 2.24) is 4.89 Å². The Morgan fingerprint density at radius 1 is 1.40 bits per heavy atom. The summed E-state index contributed by atoms with van der Waals surface area (Å²) >= 11 is 5.48. The van der Waals surface area contributed by atoms with Crippen LogP contribution in [0.15, 0.2) is 23.1 Å². The Bertz CT molecular complexity index is 619. The highest BCUT2D eigenvalue weighted by Crippen LogP contribution is 2.27. The maximum Gasteiger partial charge on any atom is 0.413 e. The van der Waals surface area contributed by atoms with Crippen molar-refractivity contribution < 1.29 is 31.3 Å². The van der Waals surface area contributed by atoms with Crippen molar-refractivity contribution in [2.24, 2.45) is 0 Å². The molecule has 1 N–H and O–H groups in total. The molecule has 1 aromatic rings. The summed E-state index contributed by atoms with van der Waals surface area (Å²) in [6.45, 7) is -1.88. The molecule has 7 nitrogen and oxygen atoms in total. The number of nitro groups is 1. The fourth-order valence-electron chi connectivity index (χ4n) is 1.09. The van der Waals surface area contributed by atoms with E-state index >= 15 is 0 Å². The number of halogens is 4. The third-order valence-corrected chi connectivity index (χ3v) is 3.31. The van der Waals surface area contributed by atoms with Crippen LogP contribution in [0, 0.1) is 10.1 Å². The summed E-state index contributed by atoms with van der Waals surface area (Å²) in [5, 5.41) is 10.6. The molecule has 0 saturated carbocycles. The van der Waals surface area contributed by atoms with Crippen molar-refractivity contribution in [2.75, 3.05) is 6.61 Å². The average molecular weight is 335 g/mol. The molecule has 0 spiro atoms. The molecule has 0 aliphatic heterocycles. The second-order valence-corrected chi connectivity index (χ2v) is 5.41. The zero-order valence-electron chi connectivity index (χ0n) is 9.35. The fraction of sp³-hybridized carbons (Fsp3) is 0.250. The van der Waals surface area contributed by atoms with Crippen LogP contribution in [-0.4, -0.2) is 26.1 Å². The van der Waals surface area contributed by atoms with Crippen molar-refractivity contribution in [3.63, 3.8) is 0 Å². The molecule has 0 aliphatic rings. The molecule has 0 amide bonds. The predicted molar refractivity (Wildman–Crippen MR) is 60.4 cm³/mol. The van der Waals surface area contributed by atoms with Crippen molar-refractivity contribution in [2.45, 2.75) is 11.1 Å². The molecule has 0 fully saturated rings. The summed E-state index contributed by atoms with van der Waals surface area (Å²) in [6.07, 6.45) is -4.76. The molecule has 0 atom stereocenters. The van der Waals surface area contributed by atoms with E-state index < -0.39 is 38.3 Å². The van der Waals surface area contributed by atoms with Gasteiger partial charge in [0.1, 0.15) is 0 Å². The van der Waals surface area contributed by atoms with Gasteiger partial charge in [-0.1, -0.05) is 16.5 Å². The van der Waals surface area contributed by atoms with Crippen LogP contribution in [-0.2, 0) is 14.9 Å². The molecular weight excluding hydrogens is 329 g/mol. The van der Waals surface area contributed by atoms with Gasteiger partial charge in [-0.25, -0.2) is 8.42 Å². The lowest BCUT2D eigenvalue weighted by Crippen LogP contribution is -2.30. The normalized spacial score (nSPS) is 12.4. The van der Waals surface area contributed by atoms with Gasteiger partial charge in [0.2, 0.25) is 0 Å². The van der Waals surface area contributed by atoms with E-state index in [0.29, 0.717) is 0 Å². The first-order valence-corrected chi connectivity index (χ1v) is 6.53. The number of hydrogen-bond acceptors (Lipinski definition) is 5. The predicted octanol–water partition coefficient (Wildman–Crippen LogP) is 2.02. The van der Waals surface area contributed by atoms with Gasteiger partial charge in [0.15, 0.2) is 11.5 Å². The zero-order chi connectivity index (χ0) is 15.6. The number of hydrogen-bond donors (Lipinski definition) is 1. The molecule has 1 rings (SSSR count). The van der Waals surface area contributed by atoms with E-state index in [2.05, 4.69) is 4.84 Å². The van der Waals surface area contributed by atoms with E-state index in [1.54, 1.807) is 0 Å². The SMILES string of the molecule is O=[N+]([O-])c1cc(Cl)ccc1S(=O)(=O)NOCC(F)(F)F. The molecule has 0 aliphatic carbocycles. The molecule has 20 heavy (non-hydrogen) atoms. The highest BCUT2D eigenvalue weighted by Gasteiger charge is 2.31. The number of sulfonamides is 1. The molecule has 12 heteroatoms. The molecule has 0 radical (unpaired) electrons. The van der Waals surface area contributed by atoms with Gasteiger partial charge < -0.3 is 0 Å². The molecule has 0 heterocycles. The third kappa shape index (κ3) is 4.59. The zero-order valence-corrected chi connectivity index (χ0v) is 10.9. The number of alkyl halides is 3. The van der Waals surface area contributed by atoms with E-state index in [0.717, 1.165) is 23.1 Å². The molecule has 1 aromatic carbocycles. The molecule has 112 valence electrons. The van der Waals surface area contributed by atoms with Crippen LogP contribution in [0.25, 0.3) is 0 Å². The first-order chi connectivity index (χ1) is 9.03. The quantitative estimate of drug-likeness (QED) is 0.656. The van der Waals surface area contributed by atoms with Gasteiger partial charge in [-0.15, -0.1) is 0 Å². The Balaban J connectivity index is 3.01. The Kier molecular flexibility index (Phi) is 4.91. The molecule has 0 unspecified atom stereocenters. The minimum Gasteiger partial charge on any atom is -0.277 e. The van der Waals surface area contributed by atoms with Gasteiger partial charge in [-0.3, -0.25) is 15.0 Å². The van der Waals surface area contributed by atoms with Gasteiger partial charge in [-0.05, 0) is 12.1 Å². The van der Waals surface area contributed by atoms with E-state index in [1.165, 1.54) is 0 Å². The molecule has 0 bridgehead atoms. The Labute approximate surface area is 115 Å². The minimum atomic E-state index is -4.76. The summed E-state index contributed by atoms with van der Waals surface area (Å²) in [5.41, 5.74) is -0.888. The second-order valence-electron chi connectivity index (χ2n) is 3.36. The first kappa shape index (κ1) is 16.6. The van der Waals surface area contributed by atoms with Crippen molar-refractivity contribution >= 4 is 27.3 Å². The summed E-state index contributed by atoms with van der Waals surface area (Å²) in [6, 6.07) is 2.56. The number of nitro benzene ring substituents is 1. The van der Waals surface area contributed by atoms with Crippen LogP contribution in [0.1, 0.15) is 0 Å². The summed E-state index contributed by atoms with van der Waals surface area (Å²) < 4.78 is 58.6. The summed E-state index contributed by atoms with van der Waals surface area (Å²) in [7, 11) is -4.65. The number of nitrogens with zero attached hydrogens (tertiary/aromatic N) is 1. The van der Waals surface area contributed by atoms with Gasteiger partial charge in [0.05, 0.1) is 4.92 Å². The van der Waals surface area contributed by atoms with Gasteiger partial charge in [-0.2, -0.15) is 13.2 Å². The first-order valence-electron chi connectivity index (χ1n) is 4.67. The lowest BCUT2D eigenvalue weighted by atomic mass is 10.3. The Morgan fingerprint density at radius 2 is 2.00 bits per heavy atom. The monoisotopic (exact) mass is 334 g/mol. The van der Waals surface area contributed by atoms with Gasteiger partial charge in [0, 0.05) is 11.1 Å². The number of rotatable bonds is 5. The fourth-order valence-corrected chi connectivity index (χ4v) is 2.22. The lowest BCUT2D eigenvalue weighted by Gasteiger charge is -2.09. The average Bonchev–Trinajstić information content (AvgIpc) is 2.26. The highest BCUT2D eigenvalue weighted by molar-refractivity contribution is 7.89. The summed E-state index contributed by atoms with van der Waals surface area (Å²) in [4.78, 5) is 13.7. The van der Waals surface area contributed by atoms with Crippen molar-refractivity contribution in [1.29, 1.82) is 0 Å². The van der Waals surface area contributed by atoms with Gasteiger partial charge in [0.25, 0.3) is 15.7 Å². The number of nitrogens with one attached hydrogen (secondary N) is 1. The molecule has 0 aromatic heterocycles. The minimum absolute atomic E-state index is 0.105. The summed E-state index contributed by atoms with van der Waals surface area (Å²) in [5.74, 6) is 0. The van der Waals surface area contributed by atoms with E-state index in [1.807, 2.05) is 0 Å². The molecular formula is C8H6ClF3N2O5S. The van der Waals surface area contributed by atoms with E-state index in [4.69, 9.17) is 11.6 Å². The van der Waals surface area contributed by atoms with Crippen LogP contribution >= 0.6 is 11.6 Å². The maximum atomic E-state index is 11.8. The van der Waals surface area contributed by atoms with E-state index in [-0.39, 0.29) is 5.02 Å². The van der Waals surface area contributed by atoms with Crippen LogP contribution in [0.5, 0.6) is 0 Å². The lowest BCUT2D eigenvalue weighted by molar-refractivity contribution is -0.387. The van der Waals surface area contributed by atoms with Crippen molar-refractivity contribution in [3.8, 4) is 0 Å². The maximum absolute atomic E-state index is 11.8. The smallest absolute Gasteiger partial charge is 0.277 e. The van der Waals surface area contributed by atoms with Crippen molar-refractivity contribution in [3.05, 3.63) is 33.3 Å².